The molecular formula is C22H23N3O4. The van der Waals surface area contributed by atoms with Crippen LogP contribution in [0.1, 0.15) is 35.0 Å². The number of carbonyl (C=O) groups excluding carboxylic acids is 1. The summed E-state index contributed by atoms with van der Waals surface area (Å²) in [4.78, 5) is 19.3. The molecule has 4 rings (SSSR count). The molecule has 1 aliphatic heterocycles. The minimum atomic E-state index is -0.0107. The highest BCUT2D eigenvalue weighted by Crippen LogP contribution is 2.29. The molecule has 29 heavy (non-hydrogen) atoms. The Balaban J connectivity index is 1.48. The smallest absolute Gasteiger partial charge is 0.254 e. The summed E-state index contributed by atoms with van der Waals surface area (Å²) in [6, 6.07) is 14.7. The van der Waals surface area contributed by atoms with Crippen molar-refractivity contribution < 1.29 is 18.8 Å². The van der Waals surface area contributed by atoms with Gasteiger partial charge >= 0.3 is 0 Å². The molecule has 0 bridgehead atoms. The van der Waals surface area contributed by atoms with Crippen molar-refractivity contribution in [1.82, 2.24) is 15.0 Å². The topological polar surface area (TPSA) is 77.7 Å². The van der Waals surface area contributed by atoms with Crippen LogP contribution < -0.4 is 9.47 Å². The number of aromatic nitrogens is 2. The van der Waals surface area contributed by atoms with Crippen LogP contribution in [0.25, 0.3) is 11.4 Å². The molecule has 1 atom stereocenters. The first-order chi connectivity index (χ1) is 14.2. The fourth-order valence-electron chi connectivity index (χ4n) is 3.56. The van der Waals surface area contributed by atoms with E-state index in [2.05, 4.69) is 10.1 Å². The fraction of sp³-hybridized carbons (Fsp3) is 0.318. The first-order valence-electron chi connectivity index (χ1n) is 9.59. The minimum Gasteiger partial charge on any atom is -0.497 e. The third-order valence-corrected chi connectivity index (χ3v) is 5.16. The van der Waals surface area contributed by atoms with Crippen LogP contribution in [0.5, 0.6) is 11.5 Å². The summed E-state index contributed by atoms with van der Waals surface area (Å²) in [5, 5.41) is 4.12. The van der Waals surface area contributed by atoms with Gasteiger partial charge in [0.05, 0.1) is 20.1 Å². The number of likely N-dealkylation sites (tertiary alicyclic amines) is 1. The van der Waals surface area contributed by atoms with E-state index in [1.807, 2.05) is 47.4 Å². The van der Waals surface area contributed by atoms with Crippen LogP contribution in [0.2, 0.25) is 0 Å². The zero-order valence-electron chi connectivity index (χ0n) is 16.5. The van der Waals surface area contributed by atoms with Crippen molar-refractivity contribution in [3.8, 4) is 22.9 Å². The van der Waals surface area contributed by atoms with Crippen LogP contribution in [0.3, 0.4) is 0 Å². The van der Waals surface area contributed by atoms with Crippen molar-refractivity contribution in [1.29, 1.82) is 0 Å². The first kappa shape index (κ1) is 19.0. The largest absolute Gasteiger partial charge is 0.497 e. The van der Waals surface area contributed by atoms with Gasteiger partial charge in [-0.3, -0.25) is 4.79 Å². The van der Waals surface area contributed by atoms with E-state index >= 15 is 0 Å². The third kappa shape index (κ3) is 4.08. The molecule has 1 saturated heterocycles. The Bertz CT molecular complexity index is 984. The Labute approximate surface area is 169 Å². The number of nitrogens with zero attached hydrogens (tertiary/aromatic N) is 3. The molecule has 2 heterocycles. The van der Waals surface area contributed by atoms with Crippen LogP contribution in [0, 0.1) is 0 Å². The highest BCUT2D eigenvalue weighted by atomic mass is 16.5. The molecule has 3 aromatic rings. The number of methoxy groups -OCH3 is 2. The molecule has 0 saturated carbocycles. The molecule has 150 valence electrons. The Morgan fingerprint density at radius 3 is 2.66 bits per heavy atom. The Kier molecular flexibility index (Phi) is 5.46. The van der Waals surface area contributed by atoms with Gasteiger partial charge in [-0.25, -0.2) is 0 Å². The van der Waals surface area contributed by atoms with Crippen molar-refractivity contribution in [3.05, 3.63) is 60.0 Å². The molecule has 1 aliphatic rings. The highest BCUT2D eigenvalue weighted by molar-refractivity contribution is 5.94. The van der Waals surface area contributed by atoms with Crippen LogP contribution >= 0.6 is 0 Å². The zero-order valence-corrected chi connectivity index (χ0v) is 16.5. The molecule has 7 heteroatoms. The Hall–Kier alpha value is -3.35. The van der Waals surface area contributed by atoms with Gasteiger partial charge in [-0.2, -0.15) is 4.98 Å². The maximum Gasteiger partial charge on any atom is 0.254 e. The quantitative estimate of drug-likeness (QED) is 0.657. The van der Waals surface area contributed by atoms with E-state index in [1.165, 1.54) is 0 Å². The van der Waals surface area contributed by atoms with E-state index in [-0.39, 0.29) is 11.8 Å². The van der Waals surface area contributed by atoms with Gasteiger partial charge in [0.25, 0.3) is 5.91 Å². The fourth-order valence-corrected chi connectivity index (χ4v) is 3.56. The molecule has 0 spiro atoms. The molecule has 0 unspecified atom stereocenters. The van der Waals surface area contributed by atoms with Crippen molar-refractivity contribution in [2.24, 2.45) is 0 Å². The normalized spacial score (nSPS) is 16.5. The monoisotopic (exact) mass is 393 g/mol. The molecule has 0 aliphatic carbocycles. The van der Waals surface area contributed by atoms with Crippen molar-refractivity contribution in [2.75, 3.05) is 27.3 Å². The lowest BCUT2D eigenvalue weighted by Gasteiger charge is -2.31. The number of rotatable bonds is 5. The maximum atomic E-state index is 12.9. The van der Waals surface area contributed by atoms with Gasteiger partial charge in [-0.1, -0.05) is 11.2 Å². The third-order valence-electron chi connectivity index (χ3n) is 5.16. The summed E-state index contributed by atoms with van der Waals surface area (Å²) in [5.74, 6) is 2.57. The number of ether oxygens (including phenoxy) is 2. The van der Waals surface area contributed by atoms with Gasteiger partial charge in [0.1, 0.15) is 11.5 Å². The number of carbonyl (C=O) groups is 1. The van der Waals surface area contributed by atoms with Gasteiger partial charge in [0, 0.05) is 24.2 Å². The number of hydrogen-bond acceptors (Lipinski definition) is 6. The lowest BCUT2D eigenvalue weighted by molar-refractivity contribution is 0.0695. The number of piperidine rings is 1. The van der Waals surface area contributed by atoms with Crippen LogP contribution in [0.4, 0.5) is 0 Å². The Morgan fingerprint density at radius 1 is 1.10 bits per heavy atom. The summed E-state index contributed by atoms with van der Waals surface area (Å²) in [5.41, 5.74) is 1.48. The van der Waals surface area contributed by atoms with Gasteiger partial charge in [0.2, 0.25) is 11.7 Å². The van der Waals surface area contributed by atoms with E-state index in [4.69, 9.17) is 14.0 Å². The van der Waals surface area contributed by atoms with Crippen LogP contribution in [0.15, 0.2) is 53.1 Å². The van der Waals surface area contributed by atoms with Crippen LogP contribution in [-0.2, 0) is 0 Å². The zero-order chi connectivity index (χ0) is 20.2. The minimum absolute atomic E-state index is 0.0107. The molecule has 7 nitrogen and oxygen atoms in total. The summed E-state index contributed by atoms with van der Waals surface area (Å²) in [7, 11) is 3.22. The highest BCUT2D eigenvalue weighted by Gasteiger charge is 2.29. The van der Waals surface area contributed by atoms with Gasteiger partial charge in [0.15, 0.2) is 0 Å². The summed E-state index contributed by atoms with van der Waals surface area (Å²) in [6.45, 7) is 1.27. The second-order valence-corrected chi connectivity index (χ2v) is 7.01. The average molecular weight is 393 g/mol. The average Bonchev–Trinajstić information content (AvgIpc) is 3.29. The van der Waals surface area contributed by atoms with Crippen LogP contribution in [-0.4, -0.2) is 48.3 Å². The molecule has 0 radical (unpaired) electrons. The lowest BCUT2D eigenvalue weighted by atomic mass is 9.97. The van der Waals surface area contributed by atoms with E-state index in [9.17, 15) is 4.79 Å². The summed E-state index contributed by atoms with van der Waals surface area (Å²) < 4.78 is 15.9. The number of benzene rings is 2. The molecule has 0 N–H and O–H groups in total. The van der Waals surface area contributed by atoms with E-state index in [0.29, 0.717) is 36.1 Å². The van der Waals surface area contributed by atoms with E-state index < -0.39 is 0 Å². The van der Waals surface area contributed by atoms with E-state index in [1.54, 1.807) is 20.3 Å². The lowest BCUT2D eigenvalue weighted by Crippen LogP contribution is -2.39. The number of amides is 1. The molecular weight excluding hydrogens is 370 g/mol. The summed E-state index contributed by atoms with van der Waals surface area (Å²) >= 11 is 0. The Morgan fingerprint density at radius 2 is 1.90 bits per heavy atom. The molecule has 1 amide bonds. The standard InChI is InChI=1S/C22H23N3O4/c1-27-18-10-8-15(9-11-18)20-23-21(29-24-20)17-6-4-12-25(14-17)22(26)16-5-3-7-19(13-16)28-2/h3,5,7-11,13,17H,4,6,12,14H2,1-2H3/t17-/m0/s1. The molecule has 1 aromatic heterocycles. The second-order valence-electron chi connectivity index (χ2n) is 7.01. The van der Waals surface area contributed by atoms with E-state index in [0.717, 1.165) is 24.2 Å². The predicted octanol–water partition coefficient (Wildman–Crippen LogP) is 3.77. The maximum absolute atomic E-state index is 12.9. The van der Waals surface area contributed by atoms with Gasteiger partial charge < -0.3 is 18.9 Å². The van der Waals surface area contributed by atoms with Crippen molar-refractivity contribution in [2.45, 2.75) is 18.8 Å². The van der Waals surface area contributed by atoms with Gasteiger partial charge in [-0.05, 0) is 55.3 Å². The summed E-state index contributed by atoms with van der Waals surface area (Å²) in [6.07, 6.45) is 1.80. The SMILES string of the molecule is COc1ccc(-c2noc([C@H]3CCCN(C(=O)c4cccc(OC)c4)C3)n2)cc1. The number of hydrogen-bond donors (Lipinski definition) is 0. The first-order valence-corrected chi connectivity index (χ1v) is 9.59. The van der Waals surface area contributed by atoms with Crippen molar-refractivity contribution >= 4 is 5.91 Å². The van der Waals surface area contributed by atoms with Gasteiger partial charge in [-0.15, -0.1) is 0 Å². The predicted molar refractivity (Wildman–Crippen MR) is 107 cm³/mol. The molecule has 2 aromatic carbocycles. The molecule has 1 fully saturated rings. The second kappa shape index (κ2) is 8.34. The van der Waals surface area contributed by atoms with Crippen molar-refractivity contribution in [3.63, 3.8) is 0 Å².